The van der Waals surface area contributed by atoms with Gasteiger partial charge in [-0.05, 0) is 49.2 Å². The molecule has 1 aromatic carbocycles. The number of benzene rings is 1. The average molecular weight is 348 g/mol. The van der Waals surface area contributed by atoms with Crippen LogP contribution in [0, 0.1) is 0 Å². The molecule has 0 radical (unpaired) electrons. The molecular formula is C20H20N4O2. The van der Waals surface area contributed by atoms with Crippen LogP contribution in [0.5, 0.6) is 0 Å². The number of rotatable bonds is 5. The largest absolute Gasteiger partial charge is 0.376 e. The number of ether oxygens (including phenoxy) is 1. The van der Waals surface area contributed by atoms with Gasteiger partial charge in [-0.15, -0.1) is 0 Å². The molecule has 2 aromatic heterocycles. The quantitative estimate of drug-likeness (QED) is 0.770. The van der Waals surface area contributed by atoms with Crippen LogP contribution >= 0.6 is 0 Å². The highest BCUT2D eigenvalue weighted by Gasteiger charge is 2.16. The molecule has 0 unspecified atom stereocenters. The van der Waals surface area contributed by atoms with Crippen molar-refractivity contribution in [3.63, 3.8) is 0 Å². The Morgan fingerprint density at radius 1 is 1.15 bits per heavy atom. The summed E-state index contributed by atoms with van der Waals surface area (Å²) in [5.41, 5.74) is 2.57. The number of nitrogens with one attached hydrogen (secondary N) is 1. The first-order valence-electron chi connectivity index (χ1n) is 8.75. The zero-order valence-corrected chi connectivity index (χ0v) is 14.3. The van der Waals surface area contributed by atoms with E-state index < -0.39 is 0 Å². The van der Waals surface area contributed by atoms with Gasteiger partial charge in [-0.25, -0.2) is 4.98 Å². The fourth-order valence-corrected chi connectivity index (χ4v) is 3.11. The van der Waals surface area contributed by atoms with E-state index in [1.54, 1.807) is 18.6 Å². The van der Waals surface area contributed by atoms with E-state index in [1.807, 2.05) is 47.2 Å². The minimum absolute atomic E-state index is 0.0768. The van der Waals surface area contributed by atoms with Gasteiger partial charge in [0.1, 0.15) is 5.82 Å². The molecule has 3 aromatic rings. The van der Waals surface area contributed by atoms with Crippen molar-refractivity contribution in [2.45, 2.75) is 18.9 Å². The van der Waals surface area contributed by atoms with Gasteiger partial charge < -0.3 is 10.1 Å². The lowest BCUT2D eigenvalue weighted by molar-refractivity contribution is 0.0858. The lowest BCUT2D eigenvalue weighted by Crippen LogP contribution is -2.31. The highest BCUT2D eigenvalue weighted by molar-refractivity contribution is 5.94. The molecule has 0 saturated carbocycles. The van der Waals surface area contributed by atoms with Crippen LogP contribution in [0.15, 0.2) is 61.2 Å². The first-order chi connectivity index (χ1) is 12.8. The molecule has 4 rings (SSSR count). The molecule has 3 heterocycles. The Morgan fingerprint density at radius 2 is 1.96 bits per heavy atom. The van der Waals surface area contributed by atoms with Gasteiger partial charge in [0.15, 0.2) is 0 Å². The van der Waals surface area contributed by atoms with Crippen LogP contribution in [-0.4, -0.2) is 39.7 Å². The Labute approximate surface area is 151 Å². The van der Waals surface area contributed by atoms with Crippen molar-refractivity contribution in [2.24, 2.45) is 0 Å². The maximum atomic E-state index is 12.3. The third-order valence-electron chi connectivity index (χ3n) is 4.50. The van der Waals surface area contributed by atoms with Crippen LogP contribution in [-0.2, 0) is 4.74 Å². The second-order valence-corrected chi connectivity index (χ2v) is 6.25. The third-order valence-corrected chi connectivity index (χ3v) is 4.50. The molecule has 0 bridgehead atoms. The number of nitrogens with zero attached hydrogens (tertiary/aromatic N) is 3. The number of hydrogen-bond acceptors (Lipinski definition) is 4. The summed E-state index contributed by atoms with van der Waals surface area (Å²) in [5.74, 6) is 0.759. The second kappa shape index (κ2) is 7.49. The molecule has 1 aliphatic rings. The van der Waals surface area contributed by atoms with E-state index in [0.29, 0.717) is 12.1 Å². The van der Waals surface area contributed by atoms with Crippen LogP contribution < -0.4 is 5.32 Å². The van der Waals surface area contributed by atoms with Gasteiger partial charge in [0, 0.05) is 54.8 Å². The summed E-state index contributed by atoms with van der Waals surface area (Å²) >= 11 is 0. The summed E-state index contributed by atoms with van der Waals surface area (Å²) in [6.45, 7) is 1.36. The molecule has 6 heteroatoms. The zero-order chi connectivity index (χ0) is 17.8. The smallest absolute Gasteiger partial charge is 0.251 e. The van der Waals surface area contributed by atoms with E-state index >= 15 is 0 Å². The minimum Gasteiger partial charge on any atom is -0.376 e. The Hall–Kier alpha value is -2.99. The Kier molecular flexibility index (Phi) is 4.75. The topological polar surface area (TPSA) is 69.0 Å². The predicted molar refractivity (Wildman–Crippen MR) is 98.1 cm³/mol. The van der Waals surface area contributed by atoms with Gasteiger partial charge in [-0.3, -0.25) is 14.3 Å². The third kappa shape index (κ3) is 3.50. The molecule has 1 amide bonds. The second-order valence-electron chi connectivity index (χ2n) is 6.25. The SMILES string of the molecule is O=C(NC[C@H]1CCCO1)c1ccc(-n2ccnc2-c2ccncc2)cc1. The first kappa shape index (κ1) is 16.5. The maximum Gasteiger partial charge on any atom is 0.251 e. The number of carbonyl (C=O) groups excluding carboxylic acids is 1. The number of pyridine rings is 1. The van der Waals surface area contributed by atoms with Gasteiger partial charge in [0.2, 0.25) is 0 Å². The van der Waals surface area contributed by atoms with Crippen molar-refractivity contribution in [2.75, 3.05) is 13.2 Å². The fraction of sp³-hybridized carbons (Fsp3) is 0.250. The molecular weight excluding hydrogens is 328 g/mol. The predicted octanol–water partition coefficient (Wildman–Crippen LogP) is 2.84. The van der Waals surface area contributed by atoms with E-state index in [4.69, 9.17) is 4.74 Å². The van der Waals surface area contributed by atoms with Crippen molar-refractivity contribution < 1.29 is 9.53 Å². The van der Waals surface area contributed by atoms with Crippen LogP contribution in [0.4, 0.5) is 0 Å². The zero-order valence-electron chi connectivity index (χ0n) is 14.3. The van der Waals surface area contributed by atoms with Gasteiger partial charge in [0.05, 0.1) is 6.10 Å². The van der Waals surface area contributed by atoms with Gasteiger partial charge in [-0.1, -0.05) is 0 Å². The molecule has 6 nitrogen and oxygen atoms in total. The molecule has 0 aliphatic carbocycles. The van der Waals surface area contributed by atoms with Crippen molar-refractivity contribution >= 4 is 5.91 Å². The lowest BCUT2D eigenvalue weighted by Gasteiger charge is -2.12. The molecule has 132 valence electrons. The monoisotopic (exact) mass is 348 g/mol. The first-order valence-corrected chi connectivity index (χ1v) is 8.75. The number of hydrogen-bond donors (Lipinski definition) is 1. The number of carbonyl (C=O) groups is 1. The van der Waals surface area contributed by atoms with Crippen molar-refractivity contribution in [3.8, 4) is 17.1 Å². The summed E-state index contributed by atoms with van der Waals surface area (Å²) in [6, 6.07) is 11.4. The van der Waals surface area contributed by atoms with Crippen molar-refractivity contribution in [1.82, 2.24) is 19.9 Å². The summed E-state index contributed by atoms with van der Waals surface area (Å²) in [4.78, 5) is 20.8. The molecule has 1 aliphatic heterocycles. The van der Waals surface area contributed by atoms with E-state index in [2.05, 4.69) is 15.3 Å². The van der Waals surface area contributed by atoms with E-state index in [-0.39, 0.29) is 12.0 Å². The van der Waals surface area contributed by atoms with Crippen LogP contribution in [0.25, 0.3) is 17.1 Å². The molecule has 1 fully saturated rings. The molecule has 1 atom stereocenters. The summed E-state index contributed by atoms with van der Waals surface area (Å²) < 4.78 is 7.52. The average Bonchev–Trinajstić information content (AvgIpc) is 3.39. The Morgan fingerprint density at radius 3 is 2.69 bits per heavy atom. The normalized spacial score (nSPS) is 16.5. The highest BCUT2D eigenvalue weighted by Crippen LogP contribution is 2.21. The summed E-state index contributed by atoms with van der Waals surface area (Å²) in [7, 11) is 0. The van der Waals surface area contributed by atoms with E-state index in [9.17, 15) is 4.79 Å². The van der Waals surface area contributed by atoms with Gasteiger partial charge in [-0.2, -0.15) is 0 Å². The fourth-order valence-electron chi connectivity index (χ4n) is 3.11. The van der Waals surface area contributed by atoms with E-state index in [0.717, 1.165) is 36.5 Å². The van der Waals surface area contributed by atoms with Crippen molar-refractivity contribution in [3.05, 3.63) is 66.7 Å². The minimum atomic E-state index is -0.0768. The van der Waals surface area contributed by atoms with Crippen molar-refractivity contribution in [1.29, 1.82) is 0 Å². The standard InChI is InChI=1S/C20H20N4O2/c25-20(23-14-18-2-1-13-26-18)16-3-5-17(6-4-16)24-12-11-22-19(24)15-7-9-21-10-8-15/h3-12,18H,1-2,13-14H2,(H,23,25)/t18-/m1/s1. The Bertz CT molecular complexity index is 868. The Balaban J connectivity index is 1.48. The number of amides is 1. The molecule has 0 spiro atoms. The number of imidazole rings is 1. The van der Waals surface area contributed by atoms with Gasteiger partial charge in [0.25, 0.3) is 5.91 Å². The van der Waals surface area contributed by atoms with Gasteiger partial charge >= 0.3 is 0 Å². The lowest BCUT2D eigenvalue weighted by atomic mass is 10.1. The maximum absolute atomic E-state index is 12.3. The molecule has 1 saturated heterocycles. The summed E-state index contributed by atoms with van der Waals surface area (Å²) in [5, 5.41) is 2.94. The molecule has 1 N–H and O–H groups in total. The highest BCUT2D eigenvalue weighted by atomic mass is 16.5. The van der Waals surface area contributed by atoms with Crippen LogP contribution in [0.2, 0.25) is 0 Å². The number of aromatic nitrogens is 3. The van der Waals surface area contributed by atoms with Crippen LogP contribution in [0.3, 0.4) is 0 Å². The van der Waals surface area contributed by atoms with Crippen LogP contribution in [0.1, 0.15) is 23.2 Å². The summed E-state index contributed by atoms with van der Waals surface area (Å²) in [6.07, 6.45) is 9.39. The van der Waals surface area contributed by atoms with E-state index in [1.165, 1.54) is 0 Å². The molecule has 26 heavy (non-hydrogen) atoms.